The molecule has 0 atom stereocenters. The first kappa shape index (κ1) is 29.7. The fourth-order valence-corrected chi connectivity index (χ4v) is 4.86. The maximum atomic E-state index is 13.3. The highest BCUT2D eigenvalue weighted by atomic mass is 35.5. The molecule has 0 aromatic heterocycles. The number of para-hydroxylation sites is 2. The van der Waals surface area contributed by atoms with Gasteiger partial charge in [-0.05, 0) is 66.7 Å². The normalized spacial score (nSPS) is 11.0. The zero-order chi connectivity index (χ0) is 29.2. The summed E-state index contributed by atoms with van der Waals surface area (Å²) in [6, 6.07) is 27.6. The summed E-state index contributed by atoms with van der Waals surface area (Å²) in [5, 5.41) is 8.94. The van der Waals surface area contributed by atoms with Gasteiger partial charge in [0, 0.05) is 31.8 Å². The molecule has 0 unspecified atom stereocenters. The van der Waals surface area contributed by atoms with Gasteiger partial charge in [-0.2, -0.15) is 0 Å². The van der Waals surface area contributed by atoms with Gasteiger partial charge < -0.3 is 20.7 Å². The number of methoxy groups -OCH3 is 1. The van der Waals surface area contributed by atoms with Crippen LogP contribution in [0, 0.1) is 0 Å². The number of benzene rings is 4. The van der Waals surface area contributed by atoms with Crippen molar-refractivity contribution >= 4 is 70.1 Å². The summed E-state index contributed by atoms with van der Waals surface area (Å²) in [6.45, 7) is 0. The number of nitrogens with one attached hydrogen (secondary N) is 3. The van der Waals surface area contributed by atoms with Gasteiger partial charge in [-0.3, -0.25) is 14.4 Å². The fraction of sp³-hybridized carbons (Fsp3) is 0.0645. The molecule has 3 amide bonds. The number of halogens is 2. The number of hydrogen-bond acceptors (Lipinski definition) is 5. The van der Waals surface area contributed by atoms with E-state index in [-0.39, 0.29) is 17.4 Å². The zero-order valence-corrected chi connectivity index (χ0v) is 24.1. The fourth-order valence-electron chi connectivity index (χ4n) is 3.65. The van der Waals surface area contributed by atoms with Crippen LogP contribution < -0.4 is 20.7 Å². The summed E-state index contributed by atoms with van der Waals surface area (Å²) in [4.78, 5) is 39.4. The van der Waals surface area contributed by atoms with Crippen LogP contribution in [0.3, 0.4) is 0 Å². The lowest BCUT2D eigenvalue weighted by Crippen LogP contribution is -2.30. The van der Waals surface area contributed by atoms with Gasteiger partial charge in [-0.15, -0.1) is 11.8 Å². The molecule has 3 N–H and O–H groups in total. The number of thioether (sulfide) groups is 1. The highest BCUT2D eigenvalue weighted by Gasteiger charge is 2.17. The van der Waals surface area contributed by atoms with Gasteiger partial charge in [0.2, 0.25) is 5.91 Å². The van der Waals surface area contributed by atoms with E-state index in [4.69, 9.17) is 27.9 Å². The van der Waals surface area contributed by atoms with Crippen LogP contribution >= 0.6 is 35.0 Å². The van der Waals surface area contributed by atoms with Gasteiger partial charge in [0.05, 0.1) is 18.6 Å². The number of anilines is 2. The van der Waals surface area contributed by atoms with Crippen molar-refractivity contribution in [1.82, 2.24) is 5.32 Å². The molecular weight excluding hydrogens is 581 g/mol. The SMILES string of the molecule is COc1ccccc1NC(=O)CSc1ccc(NC(=O)/C(=C/c2c(Cl)cccc2Cl)NC(=O)c2ccccc2)cc1. The Kier molecular flexibility index (Phi) is 10.5. The number of rotatable bonds is 10. The van der Waals surface area contributed by atoms with Gasteiger partial charge in [0.25, 0.3) is 11.8 Å². The molecular formula is C31H25Cl2N3O4S. The average Bonchev–Trinajstić information content (AvgIpc) is 2.98. The number of carbonyl (C=O) groups excluding carboxylic acids is 3. The van der Waals surface area contributed by atoms with E-state index in [1.807, 2.05) is 12.1 Å². The lowest BCUT2D eigenvalue weighted by molar-refractivity contribution is -0.114. The van der Waals surface area contributed by atoms with E-state index in [9.17, 15) is 14.4 Å². The Hall–Kier alpha value is -4.24. The van der Waals surface area contributed by atoms with Gasteiger partial charge in [-0.1, -0.05) is 59.6 Å². The first-order valence-electron chi connectivity index (χ1n) is 12.3. The lowest BCUT2D eigenvalue weighted by Gasteiger charge is -2.13. The van der Waals surface area contributed by atoms with Crippen LogP contribution in [0.1, 0.15) is 15.9 Å². The van der Waals surface area contributed by atoms with Crippen molar-refractivity contribution in [3.63, 3.8) is 0 Å². The van der Waals surface area contributed by atoms with Gasteiger partial charge >= 0.3 is 0 Å². The molecule has 0 saturated carbocycles. The molecule has 0 radical (unpaired) electrons. The molecule has 4 aromatic carbocycles. The summed E-state index contributed by atoms with van der Waals surface area (Å²) >= 11 is 14.0. The minimum Gasteiger partial charge on any atom is -0.495 e. The minimum absolute atomic E-state index is 0.0414. The molecule has 208 valence electrons. The Bertz CT molecular complexity index is 1560. The van der Waals surface area contributed by atoms with Crippen LogP contribution in [0.2, 0.25) is 10.0 Å². The predicted octanol–water partition coefficient (Wildman–Crippen LogP) is 7.14. The third kappa shape index (κ3) is 8.38. The van der Waals surface area contributed by atoms with Crippen molar-refractivity contribution in [2.45, 2.75) is 4.90 Å². The second-order valence-corrected chi connectivity index (χ2v) is 10.4. The van der Waals surface area contributed by atoms with E-state index >= 15 is 0 Å². The molecule has 0 aliphatic heterocycles. The Labute approximate surface area is 251 Å². The topological polar surface area (TPSA) is 96.5 Å². The van der Waals surface area contributed by atoms with Crippen LogP contribution in [-0.4, -0.2) is 30.6 Å². The third-order valence-corrected chi connectivity index (χ3v) is 7.35. The van der Waals surface area contributed by atoms with E-state index in [2.05, 4.69) is 16.0 Å². The quantitative estimate of drug-likeness (QED) is 0.132. The number of hydrogen-bond donors (Lipinski definition) is 3. The molecule has 0 fully saturated rings. The zero-order valence-electron chi connectivity index (χ0n) is 21.8. The Morgan fingerprint density at radius 2 is 1.46 bits per heavy atom. The van der Waals surface area contributed by atoms with Crippen LogP contribution in [0.4, 0.5) is 11.4 Å². The Balaban J connectivity index is 1.43. The Morgan fingerprint density at radius 1 is 0.805 bits per heavy atom. The second-order valence-electron chi connectivity index (χ2n) is 8.53. The summed E-state index contributed by atoms with van der Waals surface area (Å²) in [5.41, 5.74) is 1.82. The van der Waals surface area contributed by atoms with Crippen LogP contribution in [-0.2, 0) is 9.59 Å². The van der Waals surface area contributed by atoms with Crippen molar-refractivity contribution in [2.75, 3.05) is 23.5 Å². The first-order chi connectivity index (χ1) is 19.8. The molecule has 4 rings (SSSR count). The lowest BCUT2D eigenvalue weighted by atomic mass is 10.1. The summed E-state index contributed by atoms with van der Waals surface area (Å²) < 4.78 is 5.26. The third-order valence-electron chi connectivity index (χ3n) is 5.68. The van der Waals surface area contributed by atoms with E-state index in [1.54, 1.807) is 92.0 Å². The summed E-state index contributed by atoms with van der Waals surface area (Å²) in [6.07, 6.45) is 1.44. The molecule has 0 bridgehead atoms. The average molecular weight is 607 g/mol. The monoisotopic (exact) mass is 605 g/mol. The van der Waals surface area contributed by atoms with Gasteiger partial charge in [-0.25, -0.2) is 0 Å². The number of amides is 3. The van der Waals surface area contributed by atoms with E-state index in [1.165, 1.54) is 17.8 Å². The van der Waals surface area contributed by atoms with E-state index < -0.39 is 11.8 Å². The molecule has 0 aliphatic carbocycles. The molecule has 4 aromatic rings. The Morgan fingerprint density at radius 3 is 2.15 bits per heavy atom. The molecule has 41 heavy (non-hydrogen) atoms. The van der Waals surface area contributed by atoms with Crippen molar-refractivity contribution in [3.8, 4) is 5.75 Å². The minimum atomic E-state index is -0.568. The summed E-state index contributed by atoms with van der Waals surface area (Å²) in [5.74, 6) is -0.453. The van der Waals surface area contributed by atoms with Gasteiger partial charge in [0.1, 0.15) is 11.4 Å². The maximum absolute atomic E-state index is 13.3. The largest absolute Gasteiger partial charge is 0.495 e. The highest BCUT2D eigenvalue weighted by molar-refractivity contribution is 8.00. The first-order valence-corrected chi connectivity index (χ1v) is 14.1. The molecule has 7 nitrogen and oxygen atoms in total. The summed E-state index contributed by atoms with van der Waals surface area (Å²) in [7, 11) is 1.54. The van der Waals surface area contributed by atoms with Crippen molar-refractivity contribution in [1.29, 1.82) is 0 Å². The van der Waals surface area contributed by atoms with Gasteiger partial charge in [0.15, 0.2) is 0 Å². The van der Waals surface area contributed by atoms with E-state index in [0.717, 1.165) is 4.90 Å². The maximum Gasteiger partial charge on any atom is 0.272 e. The van der Waals surface area contributed by atoms with Crippen LogP contribution in [0.25, 0.3) is 6.08 Å². The predicted molar refractivity (Wildman–Crippen MR) is 166 cm³/mol. The molecule has 10 heteroatoms. The standard InChI is InChI=1S/C31H25Cl2N3O4S/c1-40-28-13-6-5-12-26(28)35-29(37)19-41-22-16-14-21(15-17-22)34-31(39)27(18-23-24(32)10-7-11-25(23)33)36-30(38)20-8-3-2-4-9-20/h2-18H,19H2,1H3,(H,34,39)(H,35,37)(H,36,38)/b27-18-. The van der Waals surface area contributed by atoms with Crippen LogP contribution in [0.5, 0.6) is 5.75 Å². The van der Waals surface area contributed by atoms with Crippen LogP contribution in [0.15, 0.2) is 108 Å². The molecule has 0 aliphatic rings. The molecule has 0 saturated heterocycles. The van der Waals surface area contributed by atoms with Crippen molar-refractivity contribution < 1.29 is 19.1 Å². The molecule has 0 spiro atoms. The van der Waals surface area contributed by atoms with Crippen molar-refractivity contribution in [2.24, 2.45) is 0 Å². The second kappa shape index (κ2) is 14.4. The van der Waals surface area contributed by atoms with E-state index in [0.29, 0.717) is 38.3 Å². The molecule has 0 heterocycles. The number of carbonyl (C=O) groups is 3. The smallest absolute Gasteiger partial charge is 0.272 e. The number of ether oxygens (including phenoxy) is 1. The van der Waals surface area contributed by atoms with Crippen molar-refractivity contribution in [3.05, 3.63) is 124 Å². The highest BCUT2D eigenvalue weighted by Crippen LogP contribution is 2.27.